The van der Waals surface area contributed by atoms with E-state index in [-0.39, 0.29) is 24.3 Å². The van der Waals surface area contributed by atoms with Gasteiger partial charge in [0.15, 0.2) is 0 Å². The number of aliphatic carboxylic acids is 1. The predicted molar refractivity (Wildman–Crippen MR) is 84.9 cm³/mol. The average molecular weight is 318 g/mol. The third-order valence-electron chi connectivity index (χ3n) is 3.93. The van der Waals surface area contributed by atoms with Crippen LogP contribution >= 0.6 is 0 Å². The van der Waals surface area contributed by atoms with Gasteiger partial charge in [0.1, 0.15) is 0 Å². The molecule has 1 aliphatic heterocycles. The van der Waals surface area contributed by atoms with Crippen molar-refractivity contribution in [3.63, 3.8) is 0 Å². The number of carbonyl (C=O) groups is 3. The van der Waals surface area contributed by atoms with E-state index >= 15 is 0 Å². The molecule has 1 fully saturated rings. The van der Waals surface area contributed by atoms with Gasteiger partial charge in [-0.3, -0.25) is 14.4 Å². The molecule has 0 saturated carbocycles. The van der Waals surface area contributed by atoms with Crippen LogP contribution in [0.15, 0.2) is 24.3 Å². The SMILES string of the molecule is CC(CCC(=O)O)NC(=O)c1ccc(CN2CCCC2=O)cc1. The number of carboxylic acids is 1. The monoisotopic (exact) mass is 318 g/mol. The quantitative estimate of drug-likeness (QED) is 0.802. The first-order valence-electron chi connectivity index (χ1n) is 7.85. The molecule has 0 aromatic heterocycles. The molecule has 1 atom stereocenters. The number of rotatable bonds is 7. The number of nitrogens with one attached hydrogen (secondary N) is 1. The molecule has 0 aliphatic carbocycles. The maximum Gasteiger partial charge on any atom is 0.303 e. The Bertz CT molecular complexity index is 583. The molecule has 124 valence electrons. The second-order valence-electron chi connectivity index (χ2n) is 5.92. The zero-order valence-electron chi connectivity index (χ0n) is 13.2. The third-order valence-corrected chi connectivity index (χ3v) is 3.93. The number of likely N-dealkylation sites (tertiary alicyclic amines) is 1. The first kappa shape index (κ1) is 17.0. The van der Waals surface area contributed by atoms with Crippen LogP contribution in [-0.2, 0) is 16.1 Å². The van der Waals surface area contributed by atoms with Crippen molar-refractivity contribution in [2.24, 2.45) is 0 Å². The molecule has 0 radical (unpaired) electrons. The van der Waals surface area contributed by atoms with Crippen LogP contribution in [0.3, 0.4) is 0 Å². The van der Waals surface area contributed by atoms with Gasteiger partial charge >= 0.3 is 5.97 Å². The van der Waals surface area contributed by atoms with Crippen molar-refractivity contribution in [3.8, 4) is 0 Å². The summed E-state index contributed by atoms with van der Waals surface area (Å²) in [5.41, 5.74) is 1.53. The zero-order valence-corrected chi connectivity index (χ0v) is 13.2. The Balaban J connectivity index is 1.87. The Morgan fingerprint density at radius 3 is 2.57 bits per heavy atom. The third kappa shape index (κ3) is 5.09. The normalized spacial score (nSPS) is 15.5. The molecule has 2 rings (SSSR count). The lowest BCUT2D eigenvalue weighted by molar-refractivity contribution is -0.137. The highest BCUT2D eigenvalue weighted by molar-refractivity contribution is 5.94. The summed E-state index contributed by atoms with van der Waals surface area (Å²) in [6.07, 6.45) is 1.96. The number of amides is 2. The largest absolute Gasteiger partial charge is 0.481 e. The number of carbonyl (C=O) groups excluding carboxylic acids is 2. The first-order valence-corrected chi connectivity index (χ1v) is 7.85. The van der Waals surface area contributed by atoms with Crippen LogP contribution < -0.4 is 5.32 Å². The van der Waals surface area contributed by atoms with E-state index < -0.39 is 5.97 Å². The molecule has 6 nitrogen and oxygen atoms in total. The fourth-order valence-corrected chi connectivity index (χ4v) is 2.57. The number of nitrogens with zero attached hydrogens (tertiary/aromatic N) is 1. The lowest BCUT2D eigenvalue weighted by Crippen LogP contribution is -2.33. The van der Waals surface area contributed by atoms with Gasteiger partial charge in [-0.1, -0.05) is 12.1 Å². The minimum absolute atomic E-state index is 0.0320. The molecule has 1 aliphatic rings. The Morgan fingerprint density at radius 2 is 2.00 bits per heavy atom. The minimum atomic E-state index is -0.869. The van der Waals surface area contributed by atoms with Gasteiger partial charge in [-0.05, 0) is 37.5 Å². The Morgan fingerprint density at radius 1 is 1.30 bits per heavy atom. The second kappa shape index (κ2) is 7.76. The molecule has 0 bridgehead atoms. The first-order chi connectivity index (χ1) is 11.0. The molecular weight excluding hydrogens is 296 g/mol. The summed E-state index contributed by atoms with van der Waals surface area (Å²) in [6, 6.07) is 6.97. The van der Waals surface area contributed by atoms with Crippen molar-refractivity contribution in [1.82, 2.24) is 10.2 Å². The summed E-state index contributed by atoms with van der Waals surface area (Å²) in [7, 11) is 0. The van der Waals surface area contributed by atoms with E-state index in [4.69, 9.17) is 5.11 Å². The van der Waals surface area contributed by atoms with Crippen molar-refractivity contribution < 1.29 is 19.5 Å². The molecule has 6 heteroatoms. The van der Waals surface area contributed by atoms with Crippen LogP contribution in [0.25, 0.3) is 0 Å². The van der Waals surface area contributed by atoms with Crippen LogP contribution in [0.1, 0.15) is 48.5 Å². The molecular formula is C17H22N2O4. The van der Waals surface area contributed by atoms with Gasteiger partial charge in [-0.25, -0.2) is 0 Å². The fraction of sp³-hybridized carbons (Fsp3) is 0.471. The predicted octanol–water partition coefficient (Wildman–Crippen LogP) is 1.79. The molecule has 1 unspecified atom stereocenters. The summed E-state index contributed by atoms with van der Waals surface area (Å²) in [5.74, 6) is -0.905. The van der Waals surface area contributed by atoms with Crippen molar-refractivity contribution in [3.05, 3.63) is 35.4 Å². The van der Waals surface area contributed by atoms with Crippen LogP contribution in [0, 0.1) is 0 Å². The van der Waals surface area contributed by atoms with Crippen LogP contribution in [-0.4, -0.2) is 40.4 Å². The van der Waals surface area contributed by atoms with E-state index in [9.17, 15) is 14.4 Å². The summed E-state index contributed by atoms with van der Waals surface area (Å²) in [5, 5.41) is 11.4. The fourth-order valence-electron chi connectivity index (χ4n) is 2.57. The minimum Gasteiger partial charge on any atom is -0.481 e. The van der Waals surface area contributed by atoms with Gasteiger partial charge < -0.3 is 15.3 Å². The van der Waals surface area contributed by atoms with Crippen LogP contribution in [0.5, 0.6) is 0 Å². The van der Waals surface area contributed by atoms with Crippen molar-refractivity contribution in [2.75, 3.05) is 6.54 Å². The molecule has 2 N–H and O–H groups in total. The molecule has 1 aromatic carbocycles. The highest BCUT2D eigenvalue weighted by atomic mass is 16.4. The standard InChI is InChI=1S/C17H22N2O4/c1-12(4-9-16(21)22)18-17(23)14-7-5-13(6-8-14)11-19-10-2-3-15(19)20/h5-8,12H,2-4,9-11H2,1H3,(H,18,23)(H,21,22). The van der Waals surface area contributed by atoms with Gasteiger partial charge in [0.25, 0.3) is 5.91 Å². The smallest absolute Gasteiger partial charge is 0.303 e. The lowest BCUT2D eigenvalue weighted by Gasteiger charge is -2.16. The van der Waals surface area contributed by atoms with Crippen molar-refractivity contribution in [2.45, 2.75) is 45.2 Å². The van der Waals surface area contributed by atoms with Crippen LogP contribution in [0.2, 0.25) is 0 Å². The Kier molecular flexibility index (Phi) is 5.73. The summed E-state index contributed by atoms with van der Waals surface area (Å²) < 4.78 is 0. The highest BCUT2D eigenvalue weighted by Gasteiger charge is 2.20. The van der Waals surface area contributed by atoms with E-state index in [0.717, 1.165) is 18.5 Å². The summed E-state index contributed by atoms with van der Waals surface area (Å²) >= 11 is 0. The summed E-state index contributed by atoms with van der Waals surface area (Å²) in [6.45, 7) is 3.16. The molecule has 1 aromatic rings. The Labute approximate surface area is 135 Å². The van der Waals surface area contributed by atoms with Crippen LogP contribution in [0.4, 0.5) is 0 Å². The average Bonchev–Trinajstić information content (AvgIpc) is 2.91. The van der Waals surface area contributed by atoms with E-state index in [0.29, 0.717) is 24.9 Å². The second-order valence-corrected chi connectivity index (χ2v) is 5.92. The highest BCUT2D eigenvalue weighted by Crippen LogP contribution is 2.15. The topological polar surface area (TPSA) is 86.7 Å². The maximum absolute atomic E-state index is 12.1. The van der Waals surface area contributed by atoms with Gasteiger partial charge in [-0.2, -0.15) is 0 Å². The molecule has 23 heavy (non-hydrogen) atoms. The molecule has 1 saturated heterocycles. The number of benzene rings is 1. The maximum atomic E-state index is 12.1. The van der Waals surface area contributed by atoms with Gasteiger partial charge in [0.2, 0.25) is 5.91 Å². The van der Waals surface area contributed by atoms with E-state index in [1.807, 2.05) is 17.0 Å². The number of hydrogen-bond acceptors (Lipinski definition) is 3. The number of carboxylic acid groups (broad SMARTS) is 1. The van der Waals surface area contributed by atoms with E-state index in [2.05, 4.69) is 5.32 Å². The number of hydrogen-bond donors (Lipinski definition) is 2. The van der Waals surface area contributed by atoms with E-state index in [1.165, 1.54) is 0 Å². The van der Waals surface area contributed by atoms with Gasteiger partial charge in [-0.15, -0.1) is 0 Å². The van der Waals surface area contributed by atoms with Gasteiger partial charge in [0.05, 0.1) is 0 Å². The van der Waals surface area contributed by atoms with Crippen molar-refractivity contribution in [1.29, 1.82) is 0 Å². The zero-order chi connectivity index (χ0) is 16.8. The Hall–Kier alpha value is -2.37. The lowest BCUT2D eigenvalue weighted by atomic mass is 10.1. The van der Waals surface area contributed by atoms with E-state index in [1.54, 1.807) is 19.1 Å². The summed E-state index contributed by atoms with van der Waals surface area (Å²) in [4.78, 5) is 36.0. The van der Waals surface area contributed by atoms with Gasteiger partial charge in [0, 0.05) is 37.5 Å². The molecule has 0 spiro atoms. The molecule has 1 heterocycles. The molecule has 2 amide bonds. The van der Waals surface area contributed by atoms with Crippen molar-refractivity contribution >= 4 is 17.8 Å².